The molecule has 1 heterocycles. The number of carbonyl (C=O) groups is 3. The summed E-state index contributed by atoms with van der Waals surface area (Å²) < 4.78 is 12.1. The minimum atomic E-state index is -0.886. The molecule has 2 amide bonds. The van der Waals surface area contributed by atoms with Gasteiger partial charge in [0.2, 0.25) is 5.91 Å². The first kappa shape index (κ1) is 23.2. The summed E-state index contributed by atoms with van der Waals surface area (Å²) in [5, 5.41) is 2.72. The van der Waals surface area contributed by atoms with E-state index in [-0.39, 0.29) is 18.2 Å². The van der Waals surface area contributed by atoms with Crippen molar-refractivity contribution < 1.29 is 23.9 Å². The highest BCUT2D eigenvalue weighted by atomic mass is 79.9. The predicted molar refractivity (Wildman–Crippen MR) is 113 cm³/mol. The van der Waals surface area contributed by atoms with Crippen LogP contribution in [0, 0.1) is 13.8 Å². The van der Waals surface area contributed by atoms with Gasteiger partial charge in [-0.2, -0.15) is 0 Å². The maximum Gasteiger partial charge on any atom is 0.308 e. The van der Waals surface area contributed by atoms with Gasteiger partial charge in [0.05, 0.1) is 13.0 Å². The van der Waals surface area contributed by atoms with Crippen LogP contribution in [0.3, 0.4) is 0 Å². The number of unbranched alkanes of at least 4 members (excludes halogenated alkanes) is 1. The van der Waals surface area contributed by atoms with E-state index in [1.165, 1.54) is 4.90 Å². The zero-order valence-corrected chi connectivity index (χ0v) is 19.0. The number of benzene rings is 1. The van der Waals surface area contributed by atoms with E-state index in [2.05, 4.69) is 21.2 Å². The van der Waals surface area contributed by atoms with E-state index in [1.54, 1.807) is 6.92 Å². The fourth-order valence-electron chi connectivity index (χ4n) is 3.27. The molecule has 1 aliphatic rings. The molecule has 160 valence electrons. The number of nitrogens with zero attached hydrogens (tertiary/aromatic N) is 1. The highest BCUT2D eigenvalue weighted by Crippen LogP contribution is 2.28. The number of carbonyl (C=O) groups excluding carboxylic acids is 3. The molecule has 7 nitrogen and oxygen atoms in total. The summed E-state index contributed by atoms with van der Waals surface area (Å²) in [7, 11) is 0. The Hall–Kier alpha value is -2.09. The number of rotatable bonds is 8. The van der Waals surface area contributed by atoms with Gasteiger partial charge in [-0.25, -0.2) is 0 Å². The quantitative estimate of drug-likeness (QED) is 0.468. The van der Waals surface area contributed by atoms with Crippen molar-refractivity contribution >= 4 is 33.7 Å². The van der Waals surface area contributed by atoms with Gasteiger partial charge in [-0.15, -0.1) is 0 Å². The molecule has 2 atom stereocenters. The first-order valence-corrected chi connectivity index (χ1v) is 10.7. The first-order chi connectivity index (χ1) is 13.7. The molecule has 1 aromatic carbocycles. The molecule has 0 bridgehead atoms. The molecule has 0 saturated carbocycles. The summed E-state index contributed by atoms with van der Waals surface area (Å²) in [5.74, 6) is -0.509. The minimum Gasteiger partial charge on any atom is -0.480 e. The largest absolute Gasteiger partial charge is 0.480 e. The number of aryl methyl sites for hydroxylation is 2. The van der Waals surface area contributed by atoms with Crippen molar-refractivity contribution in [2.24, 2.45) is 0 Å². The van der Waals surface area contributed by atoms with Gasteiger partial charge in [-0.1, -0.05) is 29.3 Å². The Balaban J connectivity index is 2.09. The molecule has 29 heavy (non-hydrogen) atoms. The van der Waals surface area contributed by atoms with Crippen molar-refractivity contribution in [2.45, 2.75) is 59.1 Å². The third-order valence-electron chi connectivity index (χ3n) is 4.80. The van der Waals surface area contributed by atoms with Crippen molar-refractivity contribution in [1.82, 2.24) is 10.2 Å². The molecular weight excluding hydrogens is 440 g/mol. The lowest BCUT2D eigenvalue weighted by molar-refractivity contribution is -0.154. The van der Waals surface area contributed by atoms with Gasteiger partial charge in [-0.05, 0) is 50.5 Å². The van der Waals surface area contributed by atoms with Gasteiger partial charge in [0.1, 0.15) is 11.8 Å². The normalized spacial score (nSPS) is 17.5. The van der Waals surface area contributed by atoms with Crippen LogP contribution in [0.1, 0.15) is 44.2 Å². The molecule has 2 rings (SSSR count). The fraction of sp³-hybridized carbons (Fsp3) is 0.571. The molecule has 0 radical (unpaired) electrons. The zero-order valence-electron chi connectivity index (χ0n) is 17.4. The summed E-state index contributed by atoms with van der Waals surface area (Å²) >= 11 is 3.45. The summed E-state index contributed by atoms with van der Waals surface area (Å²) in [5.41, 5.74) is 1.81. The van der Waals surface area contributed by atoms with Crippen molar-refractivity contribution in [2.75, 3.05) is 19.7 Å². The van der Waals surface area contributed by atoms with E-state index in [0.29, 0.717) is 25.4 Å². The predicted octanol–water partition coefficient (Wildman–Crippen LogP) is 2.89. The Morgan fingerprint density at radius 2 is 1.97 bits per heavy atom. The Kier molecular flexibility index (Phi) is 8.49. The SMILES string of the molecule is CCCCOC(=O)CC1C(=O)NCCN1C(=O)C(C)Oc1c(C)cc(Br)cc1C. The van der Waals surface area contributed by atoms with E-state index >= 15 is 0 Å². The highest BCUT2D eigenvalue weighted by Gasteiger charge is 2.37. The number of amides is 2. The third kappa shape index (κ3) is 6.19. The van der Waals surface area contributed by atoms with Crippen molar-refractivity contribution in [3.63, 3.8) is 0 Å². The van der Waals surface area contributed by atoms with Crippen molar-refractivity contribution in [3.8, 4) is 5.75 Å². The first-order valence-electron chi connectivity index (χ1n) is 9.91. The van der Waals surface area contributed by atoms with Crippen LogP contribution in [-0.2, 0) is 19.1 Å². The lowest BCUT2D eigenvalue weighted by Gasteiger charge is -2.36. The molecule has 2 unspecified atom stereocenters. The number of halogens is 1. The molecule has 1 saturated heterocycles. The Bertz CT molecular complexity index is 744. The van der Waals surface area contributed by atoms with Crippen LogP contribution in [0.25, 0.3) is 0 Å². The van der Waals surface area contributed by atoms with E-state index in [1.807, 2.05) is 32.9 Å². The van der Waals surface area contributed by atoms with Gasteiger partial charge in [0.15, 0.2) is 6.10 Å². The summed E-state index contributed by atoms with van der Waals surface area (Å²) in [4.78, 5) is 38.9. The molecular formula is C21H29BrN2O5. The number of esters is 1. The van der Waals surface area contributed by atoms with Crippen LogP contribution >= 0.6 is 15.9 Å². The molecule has 0 aliphatic carbocycles. The average molecular weight is 469 g/mol. The summed E-state index contributed by atoms with van der Waals surface area (Å²) in [6.45, 7) is 8.46. The summed E-state index contributed by atoms with van der Waals surface area (Å²) in [6.07, 6.45) is 0.718. The van der Waals surface area contributed by atoms with Crippen molar-refractivity contribution in [3.05, 3.63) is 27.7 Å². The number of hydrogen-bond acceptors (Lipinski definition) is 5. The van der Waals surface area contributed by atoms with Gasteiger partial charge >= 0.3 is 5.97 Å². The second-order valence-corrected chi connectivity index (χ2v) is 8.16. The average Bonchev–Trinajstić information content (AvgIpc) is 2.65. The minimum absolute atomic E-state index is 0.162. The zero-order chi connectivity index (χ0) is 21.6. The Labute approximate surface area is 180 Å². The number of piperazine rings is 1. The van der Waals surface area contributed by atoms with E-state index in [0.717, 1.165) is 28.4 Å². The van der Waals surface area contributed by atoms with Crippen LogP contribution in [-0.4, -0.2) is 54.5 Å². The third-order valence-corrected chi connectivity index (χ3v) is 5.26. The molecule has 1 aliphatic heterocycles. The number of hydrogen-bond donors (Lipinski definition) is 1. The monoisotopic (exact) mass is 468 g/mol. The fourth-order valence-corrected chi connectivity index (χ4v) is 3.96. The molecule has 1 aromatic rings. The van der Waals surface area contributed by atoms with E-state index in [4.69, 9.17) is 9.47 Å². The Morgan fingerprint density at radius 1 is 1.31 bits per heavy atom. The number of ether oxygens (including phenoxy) is 2. The van der Waals surface area contributed by atoms with Gasteiger partial charge in [0.25, 0.3) is 5.91 Å². The summed E-state index contributed by atoms with van der Waals surface area (Å²) in [6, 6.07) is 2.95. The van der Waals surface area contributed by atoms with Crippen LogP contribution in [0.4, 0.5) is 0 Å². The highest BCUT2D eigenvalue weighted by molar-refractivity contribution is 9.10. The van der Waals surface area contributed by atoms with Crippen molar-refractivity contribution in [1.29, 1.82) is 0 Å². The van der Waals surface area contributed by atoms with Gasteiger partial charge < -0.3 is 19.7 Å². The maximum absolute atomic E-state index is 13.0. The Morgan fingerprint density at radius 3 is 2.59 bits per heavy atom. The lowest BCUT2D eigenvalue weighted by atomic mass is 10.1. The topological polar surface area (TPSA) is 84.9 Å². The van der Waals surface area contributed by atoms with Crippen LogP contribution in [0.2, 0.25) is 0 Å². The smallest absolute Gasteiger partial charge is 0.308 e. The second-order valence-electron chi connectivity index (χ2n) is 7.25. The standard InChI is InChI=1S/C21H29BrN2O5/c1-5-6-9-28-18(25)12-17-20(26)23-7-8-24(17)21(27)15(4)29-19-13(2)10-16(22)11-14(19)3/h10-11,15,17H,5-9,12H2,1-4H3,(H,23,26). The van der Waals surface area contributed by atoms with Gasteiger partial charge in [-0.3, -0.25) is 14.4 Å². The second kappa shape index (κ2) is 10.6. The molecule has 0 spiro atoms. The van der Waals surface area contributed by atoms with Crippen LogP contribution < -0.4 is 10.1 Å². The molecule has 8 heteroatoms. The van der Waals surface area contributed by atoms with Crippen LogP contribution in [0.15, 0.2) is 16.6 Å². The van der Waals surface area contributed by atoms with Crippen LogP contribution in [0.5, 0.6) is 5.75 Å². The van der Waals surface area contributed by atoms with E-state index < -0.39 is 18.1 Å². The van der Waals surface area contributed by atoms with E-state index in [9.17, 15) is 14.4 Å². The van der Waals surface area contributed by atoms with Gasteiger partial charge in [0, 0.05) is 17.6 Å². The molecule has 1 N–H and O–H groups in total. The number of nitrogens with one attached hydrogen (secondary N) is 1. The maximum atomic E-state index is 13.0. The lowest BCUT2D eigenvalue weighted by Crippen LogP contribution is -2.60. The molecule has 1 fully saturated rings. The molecule has 0 aromatic heterocycles.